The van der Waals surface area contributed by atoms with E-state index in [1.54, 1.807) is 0 Å². The molecule has 0 spiro atoms. The summed E-state index contributed by atoms with van der Waals surface area (Å²) in [6.45, 7) is 0. The molecule has 6 nitrogen and oxygen atoms in total. The van der Waals surface area contributed by atoms with Crippen LogP contribution in [0.2, 0.25) is 0 Å². The van der Waals surface area contributed by atoms with E-state index in [1.807, 2.05) is 60.7 Å². The number of hydrogen-bond donors (Lipinski definition) is 0. The standard InChI is InChI=1S/C51H10B22N4O2/c52-20-14(21(53)29(61)32(64)28(20)60)15-22(54)35(67)44(36(68)23(15)55)77(42-26(58)18-17-25(57)31(63)34(66)39(71)47(17)79-48(18)40(72)37(42)69)43-27(59)19(13-16-24(56)30(62)33(65)38(70)46(16)78-45(13)41(43)73)51-75-49(11-7-3-1-4-8-11)74-50(76-51)12-9-5-2-6-10-12/h1-10H. The molecule has 0 bridgehead atoms. The highest BCUT2D eigenvalue weighted by atomic mass is 16.3. The first-order chi connectivity index (χ1) is 37.4. The zero-order valence-corrected chi connectivity index (χ0v) is 41.6. The Bertz CT molecular complexity index is 4420. The van der Waals surface area contributed by atoms with E-state index in [0.717, 1.165) is 0 Å². The first kappa shape index (κ1) is 54.5. The molecule has 11 aromatic rings. The van der Waals surface area contributed by atoms with Crippen molar-refractivity contribution < 1.29 is 8.83 Å². The third-order valence-electron chi connectivity index (χ3n) is 14.3. The van der Waals surface area contributed by atoms with Gasteiger partial charge in [-0.3, -0.25) is 0 Å². The zero-order chi connectivity index (χ0) is 56.9. The monoisotopic (exact) mass is 952 g/mol. The van der Waals surface area contributed by atoms with Gasteiger partial charge in [0.25, 0.3) is 0 Å². The molecule has 8 aromatic carbocycles. The molecule has 44 radical (unpaired) electrons. The van der Waals surface area contributed by atoms with Crippen LogP contribution < -0.4 is 125 Å². The molecule has 312 valence electrons. The maximum atomic E-state index is 7.72. The molecule has 0 saturated heterocycles. The summed E-state index contributed by atoms with van der Waals surface area (Å²) in [5.74, 6) is 0.345. The van der Waals surface area contributed by atoms with Crippen molar-refractivity contribution in [3.8, 4) is 45.3 Å². The molecule has 28 heteroatoms. The average Bonchev–Trinajstić information content (AvgIpc) is 3.94. The molecular formula is C51H10B22N4O2. The Hall–Kier alpha value is -6.40. The van der Waals surface area contributed by atoms with E-state index in [2.05, 4.69) is 0 Å². The summed E-state index contributed by atoms with van der Waals surface area (Å²) in [5.41, 5.74) is -3.97. The number of nitrogens with zero attached hydrogens (tertiary/aromatic N) is 4. The van der Waals surface area contributed by atoms with E-state index < -0.39 is 0 Å². The minimum absolute atomic E-state index is 0.00159. The highest BCUT2D eigenvalue weighted by Gasteiger charge is 2.34. The maximum Gasteiger partial charge on any atom is 0.164 e. The summed E-state index contributed by atoms with van der Waals surface area (Å²) in [5, 5.41) is 0.364. The Balaban J connectivity index is 1.38. The molecule has 0 aliphatic heterocycles. The van der Waals surface area contributed by atoms with Gasteiger partial charge in [-0.25, -0.2) is 15.0 Å². The third-order valence-corrected chi connectivity index (χ3v) is 14.3. The third kappa shape index (κ3) is 7.89. The number of rotatable bonds is 7. The van der Waals surface area contributed by atoms with Crippen LogP contribution in [0.3, 0.4) is 0 Å². The molecule has 0 unspecified atom stereocenters. The van der Waals surface area contributed by atoms with E-state index in [9.17, 15) is 0 Å². The number of aromatic nitrogens is 3. The Labute approximate surface area is 485 Å². The van der Waals surface area contributed by atoms with Gasteiger partial charge in [-0.15, -0.1) is 38.2 Å². The van der Waals surface area contributed by atoms with Gasteiger partial charge in [-0.1, -0.05) is 137 Å². The minimum Gasteiger partial charge on any atom is -0.457 e. The predicted molar refractivity (Wildman–Crippen MR) is 349 cm³/mol. The average molecular weight is 949 g/mol. The van der Waals surface area contributed by atoms with Crippen molar-refractivity contribution in [3.63, 3.8) is 0 Å². The summed E-state index contributed by atoms with van der Waals surface area (Å²) in [4.78, 5) is 16.3. The second-order valence-corrected chi connectivity index (χ2v) is 18.7. The van der Waals surface area contributed by atoms with Gasteiger partial charge in [-0.05, 0) is 16.6 Å². The topological polar surface area (TPSA) is 68.2 Å². The van der Waals surface area contributed by atoms with Gasteiger partial charge in [-0.2, -0.15) is 0 Å². The lowest BCUT2D eigenvalue weighted by Crippen LogP contribution is -2.57. The predicted octanol–water partition coefficient (Wildman–Crippen LogP) is -12.7. The second-order valence-electron chi connectivity index (χ2n) is 18.7. The highest BCUT2D eigenvalue weighted by molar-refractivity contribution is 6.73. The van der Waals surface area contributed by atoms with E-state index in [4.69, 9.17) is 196 Å². The molecule has 3 heterocycles. The number of fused-ring (bicyclic) bond motifs is 6. The fourth-order valence-electron chi connectivity index (χ4n) is 10.2. The first-order valence-electron chi connectivity index (χ1n) is 23.5. The van der Waals surface area contributed by atoms with Crippen molar-refractivity contribution in [3.05, 3.63) is 60.7 Å². The lowest BCUT2D eigenvalue weighted by molar-refractivity contribution is 0.674. The molecule has 0 atom stereocenters. The van der Waals surface area contributed by atoms with Crippen molar-refractivity contribution in [2.24, 2.45) is 0 Å². The van der Waals surface area contributed by atoms with Crippen LogP contribution in [0.5, 0.6) is 0 Å². The van der Waals surface area contributed by atoms with E-state index in [0.29, 0.717) is 11.1 Å². The van der Waals surface area contributed by atoms with Crippen LogP contribution in [0.25, 0.3) is 89.2 Å². The van der Waals surface area contributed by atoms with Crippen LogP contribution in [0.4, 0.5) is 17.1 Å². The van der Waals surface area contributed by atoms with Crippen molar-refractivity contribution in [1.29, 1.82) is 0 Å². The number of hydrogen-bond acceptors (Lipinski definition) is 6. The minimum atomic E-state index is -0.346. The Morgan fingerprint density at radius 1 is 0.241 bits per heavy atom. The second kappa shape index (κ2) is 19.7. The Morgan fingerprint density at radius 3 is 0.975 bits per heavy atom. The van der Waals surface area contributed by atoms with Crippen LogP contribution >= 0.6 is 0 Å². The van der Waals surface area contributed by atoms with Gasteiger partial charge < -0.3 is 13.7 Å². The van der Waals surface area contributed by atoms with Gasteiger partial charge >= 0.3 is 0 Å². The number of furan rings is 2. The van der Waals surface area contributed by atoms with E-state index in [-0.39, 0.29) is 215 Å². The molecule has 79 heavy (non-hydrogen) atoms. The molecule has 3 aromatic heterocycles. The van der Waals surface area contributed by atoms with Gasteiger partial charge in [0.2, 0.25) is 0 Å². The SMILES string of the molecule is [B]c1c([B])c([B])c(-c2c([B])c([B])c(N(c3c([B])c(-c4nc(-c5ccccc5)nc(-c5ccccc5)n4)c4c(oc5c([B])c([B])c([B])c([B])c54)c3[B])c3c([B])c([B])c4oc5c([B])c([B])c([B])c([B])c5c4c3[B])c([B])c2[B])c([B])c1[B]. The van der Waals surface area contributed by atoms with Gasteiger partial charge in [0.05, 0.1) is 0 Å². The fourth-order valence-corrected chi connectivity index (χ4v) is 10.2. The van der Waals surface area contributed by atoms with Gasteiger partial charge in [0.1, 0.15) is 195 Å². The molecule has 0 N–H and O–H groups in total. The summed E-state index contributed by atoms with van der Waals surface area (Å²) in [6, 6.07) is 18.2. The maximum absolute atomic E-state index is 7.72. The molecule has 0 aliphatic carbocycles. The van der Waals surface area contributed by atoms with Crippen LogP contribution in [0.1, 0.15) is 0 Å². The van der Waals surface area contributed by atoms with E-state index >= 15 is 0 Å². The van der Waals surface area contributed by atoms with Crippen molar-refractivity contribution >= 4 is 354 Å². The Kier molecular flexibility index (Phi) is 13.6. The highest BCUT2D eigenvalue weighted by Crippen LogP contribution is 2.39. The van der Waals surface area contributed by atoms with Gasteiger partial charge in [0, 0.05) is 55.3 Å². The smallest absolute Gasteiger partial charge is 0.164 e. The quantitative estimate of drug-likeness (QED) is 0.148. The van der Waals surface area contributed by atoms with Gasteiger partial charge in [0.15, 0.2) is 17.5 Å². The molecule has 0 amide bonds. The largest absolute Gasteiger partial charge is 0.457 e. The Morgan fingerprint density at radius 2 is 0.532 bits per heavy atom. The number of anilines is 3. The van der Waals surface area contributed by atoms with Crippen LogP contribution in [0, 0.1) is 0 Å². The fraction of sp³-hybridized carbons (Fsp3) is 0. The lowest BCUT2D eigenvalue weighted by atomic mass is 9.56. The normalized spacial score (nSPS) is 11.6. The molecule has 11 rings (SSSR count). The summed E-state index contributed by atoms with van der Waals surface area (Å²) >= 11 is 0. The van der Waals surface area contributed by atoms with Crippen molar-refractivity contribution in [2.75, 3.05) is 4.90 Å². The van der Waals surface area contributed by atoms with Crippen molar-refractivity contribution in [1.82, 2.24) is 15.0 Å². The summed E-state index contributed by atoms with van der Waals surface area (Å²) < 4.78 is 13.0. The molecule has 0 aliphatic rings. The van der Waals surface area contributed by atoms with E-state index in [1.165, 1.54) is 4.90 Å². The van der Waals surface area contributed by atoms with Crippen LogP contribution in [-0.2, 0) is 0 Å². The molecule has 0 fully saturated rings. The zero-order valence-electron chi connectivity index (χ0n) is 41.6. The summed E-state index contributed by atoms with van der Waals surface area (Å²) in [7, 11) is 150. The van der Waals surface area contributed by atoms with Crippen molar-refractivity contribution in [2.45, 2.75) is 0 Å². The van der Waals surface area contributed by atoms with Crippen LogP contribution in [0.15, 0.2) is 69.5 Å². The first-order valence-corrected chi connectivity index (χ1v) is 23.5. The lowest BCUT2D eigenvalue weighted by Gasteiger charge is -2.38. The molecule has 0 saturated carbocycles. The van der Waals surface area contributed by atoms with Crippen LogP contribution in [-0.4, -0.2) is 188 Å². The molecular weight excluding hydrogens is 938 g/mol. The number of benzene rings is 8. The summed E-state index contributed by atoms with van der Waals surface area (Å²) in [6.07, 6.45) is 0.